The third kappa shape index (κ3) is 2.35. The topological polar surface area (TPSA) is 0 Å². The van der Waals surface area contributed by atoms with Crippen LogP contribution in [-0.4, -0.2) is 0 Å². The van der Waals surface area contributed by atoms with Crippen LogP contribution in [0.4, 0.5) is 0 Å². The van der Waals surface area contributed by atoms with Crippen LogP contribution in [-0.2, 0) is 0 Å². The fourth-order valence-electron chi connectivity index (χ4n) is 7.16. The molecule has 0 aliphatic heterocycles. The molecule has 0 saturated heterocycles. The van der Waals surface area contributed by atoms with Gasteiger partial charge in [-0.2, -0.15) is 0 Å². The summed E-state index contributed by atoms with van der Waals surface area (Å²) in [7, 11) is 0. The predicted molar refractivity (Wildman–Crippen MR) is 87.7 cm³/mol. The molecule has 0 heterocycles. The molecule has 6 unspecified atom stereocenters. The third-order valence-corrected chi connectivity index (χ3v) is 7.57. The molecule has 3 aliphatic carbocycles. The number of rotatable bonds is 1. The van der Waals surface area contributed by atoms with Gasteiger partial charge in [-0.25, -0.2) is 0 Å². The molecule has 0 aromatic carbocycles. The Morgan fingerprint density at radius 2 is 1.70 bits per heavy atom. The van der Waals surface area contributed by atoms with Crippen LogP contribution in [0.1, 0.15) is 91.9 Å². The van der Waals surface area contributed by atoms with Crippen molar-refractivity contribution >= 4 is 0 Å². The molecule has 0 radical (unpaired) electrons. The van der Waals surface area contributed by atoms with Gasteiger partial charge in [0.1, 0.15) is 0 Å². The molecule has 0 heteroatoms. The number of hydrogen-bond donors (Lipinski definition) is 0. The minimum Gasteiger partial charge on any atom is -0.0651 e. The maximum Gasteiger partial charge on any atom is -0.0287 e. The summed E-state index contributed by atoms with van der Waals surface area (Å²) in [6.45, 7) is 10.3. The minimum atomic E-state index is 0.664. The lowest BCUT2D eigenvalue weighted by molar-refractivity contribution is 0.100. The molecule has 3 fully saturated rings. The molecule has 3 aliphatic rings. The van der Waals surface area contributed by atoms with E-state index in [1.807, 2.05) is 0 Å². The van der Waals surface area contributed by atoms with E-state index in [-0.39, 0.29) is 0 Å². The molecule has 2 bridgehead atoms. The first-order valence-electron chi connectivity index (χ1n) is 9.48. The van der Waals surface area contributed by atoms with Gasteiger partial charge in [0.2, 0.25) is 0 Å². The lowest BCUT2D eigenvalue weighted by atomic mass is 9.66. The zero-order chi connectivity index (χ0) is 14.4. The highest BCUT2D eigenvalue weighted by Crippen LogP contribution is 2.67. The summed E-state index contributed by atoms with van der Waals surface area (Å²) in [6, 6.07) is 0. The molecule has 3 rings (SSSR count). The normalized spacial score (nSPS) is 52.8. The summed E-state index contributed by atoms with van der Waals surface area (Å²) < 4.78 is 0. The second-order valence-electron chi connectivity index (χ2n) is 9.27. The molecule has 0 nitrogen and oxygen atoms in total. The Balaban J connectivity index is 1.98. The van der Waals surface area contributed by atoms with E-state index in [4.69, 9.17) is 0 Å². The second-order valence-corrected chi connectivity index (χ2v) is 9.27. The van der Waals surface area contributed by atoms with Crippen molar-refractivity contribution in [2.45, 2.75) is 91.9 Å². The Morgan fingerprint density at radius 1 is 0.950 bits per heavy atom. The van der Waals surface area contributed by atoms with E-state index in [1.165, 1.54) is 57.8 Å². The Hall–Kier alpha value is 0. The molecule has 0 aromatic rings. The molecule has 20 heavy (non-hydrogen) atoms. The molecule has 0 N–H and O–H groups in total. The van der Waals surface area contributed by atoms with Gasteiger partial charge in [-0.15, -0.1) is 0 Å². The average molecular weight is 277 g/mol. The van der Waals surface area contributed by atoms with Gasteiger partial charge < -0.3 is 0 Å². The minimum absolute atomic E-state index is 0.664. The third-order valence-electron chi connectivity index (χ3n) is 7.57. The first-order valence-corrected chi connectivity index (χ1v) is 9.48. The van der Waals surface area contributed by atoms with Crippen LogP contribution in [0.3, 0.4) is 0 Å². The van der Waals surface area contributed by atoms with Gasteiger partial charge in [-0.05, 0) is 60.2 Å². The van der Waals surface area contributed by atoms with E-state index in [2.05, 4.69) is 27.7 Å². The summed E-state index contributed by atoms with van der Waals surface area (Å²) in [5, 5.41) is 0. The first-order chi connectivity index (χ1) is 9.48. The van der Waals surface area contributed by atoms with Crippen LogP contribution in [0, 0.1) is 34.5 Å². The van der Waals surface area contributed by atoms with Crippen molar-refractivity contribution < 1.29 is 0 Å². The SMILES string of the molecule is CCC1CCCCC2C1C1(C)CCCC(C)CC2(C)C1. The van der Waals surface area contributed by atoms with Crippen molar-refractivity contribution in [3.8, 4) is 0 Å². The second kappa shape index (κ2) is 5.33. The van der Waals surface area contributed by atoms with Gasteiger partial charge >= 0.3 is 0 Å². The average Bonchev–Trinajstić information content (AvgIpc) is 2.54. The van der Waals surface area contributed by atoms with E-state index in [9.17, 15) is 0 Å². The summed E-state index contributed by atoms with van der Waals surface area (Å²) in [5.74, 6) is 4.08. The number of hydrogen-bond acceptors (Lipinski definition) is 0. The van der Waals surface area contributed by atoms with Crippen molar-refractivity contribution in [3.05, 3.63) is 0 Å². The standard InChI is InChI=1S/C20H36/c1-5-16-10-6-7-11-17-18(16)19(3)12-8-9-15(2)13-20(17,4)14-19/h15-18H,5-14H2,1-4H3. The lowest BCUT2D eigenvalue weighted by Crippen LogP contribution is -2.32. The maximum atomic E-state index is 2.68. The van der Waals surface area contributed by atoms with Gasteiger partial charge in [-0.1, -0.05) is 66.2 Å². The fourth-order valence-corrected chi connectivity index (χ4v) is 7.16. The molecule has 116 valence electrons. The van der Waals surface area contributed by atoms with E-state index in [0.29, 0.717) is 10.8 Å². The number of fused-ring (bicyclic) bond motifs is 5. The summed E-state index contributed by atoms with van der Waals surface area (Å²) in [5.41, 5.74) is 1.33. The van der Waals surface area contributed by atoms with Crippen molar-refractivity contribution in [3.63, 3.8) is 0 Å². The van der Waals surface area contributed by atoms with Crippen molar-refractivity contribution in [1.82, 2.24) is 0 Å². The molecule has 3 saturated carbocycles. The Morgan fingerprint density at radius 3 is 2.45 bits per heavy atom. The Labute approximate surface area is 127 Å². The highest BCUT2D eigenvalue weighted by Gasteiger charge is 2.58. The van der Waals surface area contributed by atoms with Gasteiger partial charge in [0.05, 0.1) is 0 Å². The highest BCUT2D eigenvalue weighted by molar-refractivity contribution is 5.07. The Kier molecular flexibility index (Phi) is 3.97. The molecule has 0 amide bonds. The predicted octanol–water partition coefficient (Wildman–Crippen LogP) is 6.45. The summed E-state index contributed by atoms with van der Waals surface area (Å²) in [4.78, 5) is 0. The molecule has 6 atom stereocenters. The lowest BCUT2D eigenvalue weighted by Gasteiger charge is -2.39. The van der Waals surface area contributed by atoms with Gasteiger partial charge in [-0.3, -0.25) is 0 Å². The van der Waals surface area contributed by atoms with Gasteiger partial charge in [0, 0.05) is 0 Å². The summed E-state index contributed by atoms with van der Waals surface area (Å²) >= 11 is 0. The van der Waals surface area contributed by atoms with Crippen LogP contribution >= 0.6 is 0 Å². The fraction of sp³-hybridized carbons (Fsp3) is 1.00. The molecular weight excluding hydrogens is 240 g/mol. The van der Waals surface area contributed by atoms with Crippen LogP contribution in [0.2, 0.25) is 0 Å². The van der Waals surface area contributed by atoms with E-state index < -0.39 is 0 Å². The van der Waals surface area contributed by atoms with Crippen LogP contribution in [0.15, 0.2) is 0 Å². The zero-order valence-corrected chi connectivity index (χ0v) is 14.4. The van der Waals surface area contributed by atoms with E-state index in [0.717, 1.165) is 23.7 Å². The molecular formula is C20H36. The van der Waals surface area contributed by atoms with Crippen molar-refractivity contribution in [1.29, 1.82) is 0 Å². The quantitative estimate of drug-likeness (QED) is 0.516. The van der Waals surface area contributed by atoms with Crippen LogP contribution < -0.4 is 0 Å². The van der Waals surface area contributed by atoms with Gasteiger partial charge in [0.25, 0.3) is 0 Å². The van der Waals surface area contributed by atoms with Gasteiger partial charge in [0.15, 0.2) is 0 Å². The van der Waals surface area contributed by atoms with Crippen LogP contribution in [0.25, 0.3) is 0 Å². The molecule has 0 spiro atoms. The van der Waals surface area contributed by atoms with Crippen LogP contribution in [0.5, 0.6) is 0 Å². The monoisotopic (exact) mass is 276 g/mol. The van der Waals surface area contributed by atoms with Crippen molar-refractivity contribution in [2.75, 3.05) is 0 Å². The van der Waals surface area contributed by atoms with E-state index in [1.54, 1.807) is 6.42 Å². The smallest absolute Gasteiger partial charge is 0.0287 e. The Bertz CT molecular complexity index is 344. The first kappa shape index (κ1) is 14.9. The molecule has 0 aromatic heterocycles. The highest BCUT2D eigenvalue weighted by atomic mass is 14.6. The maximum absolute atomic E-state index is 2.68. The largest absolute Gasteiger partial charge is 0.0651 e. The van der Waals surface area contributed by atoms with Crippen molar-refractivity contribution in [2.24, 2.45) is 34.5 Å². The summed E-state index contributed by atoms with van der Waals surface area (Å²) in [6.07, 6.45) is 15.1. The van der Waals surface area contributed by atoms with E-state index >= 15 is 0 Å². The zero-order valence-electron chi connectivity index (χ0n) is 14.4.